The van der Waals surface area contributed by atoms with E-state index in [9.17, 15) is 4.79 Å². The maximum atomic E-state index is 10.9. The van der Waals surface area contributed by atoms with Crippen LogP contribution in [0.25, 0.3) is 0 Å². The minimum absolute atomic E-state index is 0.218. The standard InChI is InChI=1S/C15H23NO4/c1-5-15(18-3,19-4)20-14-7-12(9-16)6-13(8-14)11(2)10-17/h6-8,10-11H,5,9,16H2,1-4H3. The minimum atomic E-state index is -1.13. The highest BCUT2D eigenvalue weighted by molar-refractivity contribution is 5.62. The van der Waals surface area contributed by atoms with Gasteiger partial charge in [-0.15, -0.1) is 0 Å². The van der Waals surface area contributed by atoms with Gasteiger partial charge in [-0.05, 0) is 23.3 Å². The van der Waals surface area contributed by atoms with Gasteiger partial charge in [-0.1, -0.05) is 19.9 Å². The summed E-state index contributed by atoms with van der Waals surface area (Å²) >= 11 is 0. The van der Waals surface area contributed by atoms with Crippen molar-refractivity contribution >= 4 is 6.29 Å². The Labute approximate surface area is 120 Å². The fourth-order valence-electron chi connectivity index (χ4n) is 1.91. The molecule has 0 aliphatic rings. The van der Waals surface area contributed by atoms with Crippen LogP contribution in [-0.2, 0) is 20.8 Å². The largest absolute Gasteiger partial charge is 0.439 e. The number of methoxy groups -OCH3 is 2. The van der Waals surface area contributed by atoms with Gasteiger partial charge in [0.2, 0.25) is 0 Å². The number of carbonyl (C=O) groups excluding carboxylic acids is 1. The van der Waals surface area contributed by atoms with Crippen LogP contribution in [0.1, 0.15) is 37.3 Å². The molecule has 0 bridgehead atoms. The second kappa shape index (κ2) is 7.38. The Morgan fingerprint density at radius 2 is 1.95 bits per heavy atom. The van der Waals surface area contributed by atoms with Crippen molar-refractivity contribution in [1.29, 1.82) is 0 Å². The van der Waals surface area contributed by atoms with Crippen molar-refractivity contribution in [2.45, 2.75) is 38.7 Å². The van der Waals surface area contributed by atoms with Crippen LogP contribution in [0.4, 0.5) is 0 Å². The van der Waals surface area contributed by atoms with Crippen LogP contribution in [0.5, 0.6) is 5.75 Å². The van der Waals surface area contributed by atoms with E-state index in [2.05, 4.69) is 0 Å². The lowest BCUT2D eigenvalue weighted by atomic mass is 10.00. The molecule has 0 radical (unpaired) electrons. The van der Waals surface area contributed by atoms with Gasteiger partial charge in [0, 0.05) is 33.1 Å². The fourth-order valence-corrected chi connectivity index (χ4v) is 1.91. The number of benzene rings is 1. The highest BCUT2D eigenvalue weighted by Gasteiger charge is 2.30. The molecule has 0 saturated carbocycles. The Morgan fingerprint density at radius 3 is 2.40 bits per heavy atom. The number of rotatable bonds is 8. The average Bonchev–Trinajstić information content (AvgIpc) is 2.51. The molecule has 1 atom stereocenters. The maximum absolute atomic E-state index is 10.9. The molecule has 1 rings (SSSR count). The van der Waals surface area contributed by atoms with Crippen LogP contribution in [0.15, 0.2) is 18.2 Å². The summed E-state index contributed by atoms with van der Waals surface area (Å²) in [4.78, 5) is 10.9. The summed E-state index contributed by atoms with van der Waals surface area (Å²) < 4.78 is 16.4. The quantitative estimate of drug-likeness (QED) is 0.584. The van der Waals surface area contributed by atoms with Crippen molar-refractivity contribution in [2.24, 2.45) is 5.73 Å². The number of ether oxygens (including phenoxy) is 3. The zero-order chi connectivity index (χ0) is 15.2. The van der Waals surface area contributed by atoms with Gasteiger partial charge in [-0.3, -0.25) is 0 Å². The van der Waals surface area contributed by atoms with Crippen molar-refractivity contribution in [1.82, 2.24) is 0 Å². The topological polar surface area (TPSA) is 70.8 Å². The van der Waals surface area contributed by atoms with Crippen LogP contribution in [-0.4, -0.2) is 26.5 Å². The third-order valence-corrected chi connectivity index (χ3v) is 3.28. The van der Waals surface area contributed by atoms with Gasteiger partial charge < -0.3 is 24.7 Å². The van der Waals surface area contributed by atoms with Crippen molar-refractivity contribution in [2.75, 3.05) is 14.2 Å². The van der Waals surface area contributed by atoms with Crippen molar-refractivity contribution in [3.63, 3.8) is 0 Å². The first-order valence-corrected chi connectivity index (χ1v) is 6.62. The Hall–Kier alpha value is -1.43. The first-order chi connectivity index (χ1) is 9.53. The zero-order valence-corrected chi connectivity index (χ0v) is 12.5. The highest BCUT2D eigenvalue weighted by atomic mass is 16.9. The van der Waals surface area contributed by atoms with Crippen LogP contribution < -0.4 is 10.5 Å². The van der Waals surface area contributed by atoms with Crippen molar-refractivity contribution in [3.8, 4) is 5.75 Å². The van der Waals surface area contributed by atoms with Crippen LogP contribution in [0.3, 0.4) is 0 Å². The minimum Gasteiger partial charge on any atom is -0.439 e. The lowest BCUT2D eigenvalue weighted by molar-refractivity contribution is -0.322. The molecular formula is C15H23NO4. The number of hydrogen-bond acceptors (Lipinski definition) is 5. The lowest BCUT2D eigenvalue weighted by Crippen LogP contribution is -2.39. The summed E-state index contributed by atoms with van der Waals surface area (Å²) in [7, 11) is 3.05. The predicted molar refractivity (Wildman–Crippen MR) is 76.5 cm³/mol. The maximum Gasteiger partial charge on any atom is 0.326 e. The number of aldehydes is 1. The van der Waals surface area contributed by atoms with E-state index in [1.807, 2.05) is 26.0 Å². The Kier molecular flexibility index (Phi) is 6.13. The molecular weight excluding hydrogens is 258 g/mol. The molecule has 0 fully saturated rings. The number of hydrogen-bond donors (Lipinski definition) is 1. The first kappa shape index (κ1) is 16.6. The average molecular weight is 281 g/mol. The summed E-state index contributed by atoms with van der Waals surface area (Å²) in [5.74, 6) is -0.776. The smallest absolute Gasteiger partial charge is 0.326 e. The van der Waals surface area contributed by atoms with Gasteiger partial charge in [0.05, 0.1) is 0 Å². The van der Waals surface area contributed by atoms with Crippen LogP contribution in [0, 0.1) is 0 Å². The van der Waals surface area contributed by atoms with E-state index >= 15 is 0 Å². The lowest BCUT2D eigenvalue weighted by Gasteiger charge is -2.30. The van der Waals surface area contributed by atoms with Crippen LogP contribution >= 0.6 is 0 Å². The fraction of sp³-hybridized carbons (Fsp3) is 0.533. The Bertz CT molecular complexity index is 435. The molecule has 5 heteroatoms. The molecule has 0 amide bonds. The monoisotopic (exact) mass is 281 g/mol. The highest BCUT2D eigenvalue weighted by Crippen LogP contribution is 2.27. The summed E-state index contributed by atoms with van der Waals surface area (Å²) in [6.45, 7) is 4.09. The molecule has 112 valence electrons. The summed E-state index contributed by atoms with van der Waals surface area (Å²) in [5.41, 5.74) is 7.43. The van der Waals surface area contributed by atoms with Crippen molar-refractivity contribution < 1.29 is 19.0 Å². The van der Waals surface area contributed by atoms with Gasteiger partial charge in [0.1, 0.15) is 12.0 Å². The molecule has 1 aromatic rings. The molecule has 5 nitrogen and oxygen atoms in total. The normalized spacial score (nSPS) is 13.1. The third kappa shape index (κ3) is 3.79. The molecule has 1 unspecified atom stereocenters. The van der Waals surface area contributed by atoms with E-state index in [4.69, 9.17) is 19.9 Å². The molecule has 2 N–H and O–H groups in total. The van der Waals surface area contributed by atoms with Crippen molar-refractivity contribution in [3.05, 3.63) is 29.3 Å². The number of nitrogens with two attached hydrogens (primary N) is 1. The zero-order valence-electron chi connectivity index (χ0n) is 12.5. The van der Waals surface area contributed by atoms with E-state index in [0.717, 1.165) is 17.4 Å². The third-order valence-electron chi connectivity index (χ3n) is 3.28. The van der Waals surface area contributed by atoms with E-state index in [1.54, 1.807) is 6.07 Å². The van der Waals surface area contributed by atoms with Gasteiger partial charge >= 0.3 is 5.97 Å². The Morgan fingerprint density at radius 1 is 1.30 bits per heavy atom. The van der Waals surface area contributed by atoms with Gasteiger partial charge in [-0.2, -0.15) is 0 Å². The molecule has 0 heterocycles. The molecule has 0 aliphatic carbocycles. The Balaban J connectivity index is 3.13. The van der Waals surface area contributed by atoms with Gasteiger partial charge in [-0.25, -0.2) is 0 Å². The predicted octanol–water partition coefficient (Wildman–Crippen LogP) is 2.18. The van der Waals surface area contributed by atoms with E-state index in [0.29, 0.717) is 18.7 Å². The van der Waals surface area contributed by atoms with E-state index < -0.39 is 5.97 Å². The molecule has 0 aromatic heterocycles. The van der Waals surface area contributed by atoms with E-state index in [-0.39, 0.29) is 5.92 Å². The number of carbonyl (C=O) groups is 1. The second-order valence-electron chi connectivity index (χ2n) is 4.59. The molecule has 1 aromatic carbocycles. The van der Waals surface area contributed by atoms with Gasteiger partial charge in [0.15, 0.2) is 0 Å². The van der Waals surface area contributed by atoms with E-state index in [1.165, 1.54) is 14.2 Å². The summed E-state index contributed by atoms with van der Waals surface area (Å²) in [6.07, 6.45) is 1.41. The first-order valence-electron chi connectivity index (χ1n) is 6.62. The molecule has 20 heavy (non-hydrogen) atoms. The summed E-state index contributed by atoms with van der Waals surface area (Å²) in [5, 5.41) is 0. The van der Waals surface area contributed by atoms with Gasteiger partial charge in [0.25, 0.3) is 0 Å². The second-order valence-corrected chi connectivity index (χ2v) is 4.59. The summed E-state index contributed by atoms with van der Waals surface area (Å²) in [6, 6.07) is 5.53. The molecule has 0 saturated heterocycles. The SMILES string of the molecule is CCC(OC)(OC)Oc1cc(CN)cc(C(C)C=O)c1. The molecule has 0 spiro atoms. The van der Waals surface area contributed by atoms with Crippen LogP contribution in [0.2, 0.25) is 0 Å². The molecule has 0 aliphatic heterocycles.